The normalized spacial score (nSPS) is 16.9. The monoisotopic (exact) mass is 329 g/mol. The van der Waals surface area contributed by atoms with Gasteiger partial charge < -0.3 is 10.1 Å². The van der Waals surface area contributed by atoms with Crippen molar-refractivity contribution in [2.24, 2.45) is 5.92 Å². The van der Waals surface area contributed by atoms with Crippen LogP contribution in [-0.4, -0.2) is 19.1 Å². The van der Waals surface area contributed by atoms with Crippen molar-refractivity contribution in [1.82, 2.24) is 5.32 Å². The van der Waals surface area contributed by atoms with Crippen molar-refractivity contribution in [2.45, 2.75) is 32.2 Å². The van der Waals surface area contributed by atoms with Crippen LogP contribution in [0.4, 0.5) is 0 Å². The number of amides is 1. The third-order valence-electron chi connectivity index (χ3n) is 4.35. The molecule has 1 fully saturated rings. The van der Waals surface area contributed by atoms with Gasteiger partial charge in [-0.3, -0.25) is 4.79 Å². The highest BCUT2D eigenvalue weighted by Gasteiger charge is 2.27. The third-order valence-corrected chi connectivity index (χ3v) is 5.31. The van der Waals surface area contributed by atoms with Gasteiger partial charge in [-0.25, -0.2) is 0 Å². The molecule has 23 heavy (non-hydrogen) atoms. The summed E-state index contributed by atoms with van der Waals surface area (Å²) >= 11 is 1.72. The SMILES string of the molecule is Cc1cccc(CC(=O)NC(c2cccs2)C2CCOCC2)c1. The summed E-state index contributed by atoms with van der Waals surface area (Å²) in [5.74, 6) is 0.560. The van der Waals surface area contributed by atoms with Crippen LogP contribution in [0.1, 0.15) is 34.9 Å². The van der Waals surface area contributed by atoms with Crippen LogP contribution >= 0.6 is 11.3 Å². The van der Waals surface area contributed by atoms with E-state index in [1.165, 1.54) is 10.4 Å². The van der Waals surface area contributed by atoms with Gasteiger partial charge in [0.05, 0.1) is 12.5 Å². The number of rotatable bonds is 5. The van der Waals surface area contributed by atoms with Crippen LogP contribution in [0.2, 0.25) is 0 Å². The van der Waals surface area contributed by atoms with Gasteiger partial charge in [0, 0.05) is 18.1 Å². The van der Waals surface area contributed by atoms with Crippen LogP contribution < -0.4 is 5.32 Å². The molecule has 3 nitrogen and oxygen atoms in total. The molecule has 0 saturated carbocycles. The Hall–Kier alpha value is -1.65. The van der Waals surface area contributed by atoms with Gasteiger partial charge in [-0.1, -0.05) is 35.9 Å². The van der Waals surface area contributed by atoms with Crippen molar-refractivity contribution in [3.8, 4) is 0 Å². The molecule has 4 heteroatoms. The minimum atomic E-state index is 0.0977. The maximum Gasteiger partial charge on any atom is 0.224 e. The van der Waals surface area contributed by atoms with E-state index in [4.69, 9.17) is 4.74 Å². The number of carbonyl (C=O) groups excluding carboxylic acids is 1. The highest BCUT2D eigenvalue weighted by Crippen LogP contribution is 2.32. The fraction of sp³-hybridized carbons (Fsp3) is 0.421. The first-order chi connectivity index (χ1) is 11.2. The summed E-state index contributed by atoms with van der Waals surface area (Å²) in [5.41, 5.74) is 2.26. The van der Waals surface area contributed by atoms with E-state index < -0.39 is 0 Å². The van der Waals surface area contributed by atoms with E-state index in [2.05, 4.69) is 41.9 Å². The summed E-state index contributed by atoms with van der Waals surface area (Å²) < 4.78 is 5.47. The molecule has 1 saturated heterocycles. The van der Waals surface area contributed by atoms with E-state index in [-0.39, 0.29) is 11.9 Å². The maximum absolute atomic E-state index is 12.5. The van der Waals surface area contributed by atoms with Crippen molar-refractivity contribution < 1.29 is 9.53 Å². The summed E-state index contributed by atoms with van der Waals surface area (Å²) in [6, 6.07) is 12.4. The zero-order valence-corrected chi connectivity index (χ0v) is 14.3. The second kappa shape index (κ2) is 7.75. The predicted molar refractivity (Wildman–Crippen MR) is 93.6 cm³/mol. The number of thiophene rings is 1. The Morgan fingerprint density at radius 3 is 2.83 bits per heavy atom. The Morgan fingerprint density at radius 2 is 2.13 bits per heavy atom. The van der Waals surface area contributed by atoms with E-state index in [1.807, 2.05) is 12.1 Å². The van der Waals surface area contributed by atoms with Gasteiger partial charge in [0.2, 0.25) is 5.91 Å². The first kappa shape index (κ1) is 16.2. The topological polar surface area (TPSA) is 38.3 Å². The molecule has 1 aliphatic rings. The first-order valence-electron chi connectivity index (χ1n) is 8.18. The number of ether oxygens (including phenoxy) is 1. The van der Waals surface area contributed by atoms with E-state index in [9.17, 15) is 4.79 Å². The standard InChI is InChI=1S/C19H23NO2S/c1-14-4-2-5-15(12-14)13-18(21)20-19(17-6-3-11-23-17)16-7-9-22-10-8-16/h2-6,11-12,16,19H,7-10,13H2,1H3,(H,20,21). The number of hydrogen-bond donors (Lipinski definition) is 1. The Bertz CT molecular complexity index is 633. The molecule has 3 rings (SSSR count). The maximum atomic E-state index is 12.5. The van der Waals surface area contributed by atoms with Gasteiger partial charge in [0.15, 0.2) is 0 Å². The predicted octanol–water partition coefficient (Wildman–Crippen LogP) is 3.88. The van der Waals surface area contributed by atoms with Gasteiger partial charge in [-0.05, 0) is 42.7 Å². The lowest BCUT2D eigenvalue weighted by atomic mass is 9.90. The van der Waals surface area contributed by atoms with Gasteiger partial charge in [-0.2, -0.15) is 0 Å². The van der Waals surface area contributed by atoms with Crippen LogP contribution in [0.3, 0.4) is 0 Å². The van der Waals surface area contributed by atoms with Gasteiger partial charge in [0.1, 0.15) is 0 Å². The first-order valence-corrected chi connectivity index (χ1v) is 9.06. The van der Waals surface area contributed by atoms with Crippen LogP contribution in [0.25, 0.3) is 0 Å². The second-order valence-electron chi connectivity index (χ2n) is 6.18. The van der Waals surface area contributed by atoms with Crippen LogP contribution in [-0.2, 0) is 16.0 Å². The highest BCUT2D eigenvalue weighted by molar-refractivity contribution is 7.10. The molecule has 0 bridgehead atoms. The number of benzene rings is 1. The second-order valence-corrected chi connectivity index (χ2v) is 7.16. The molecule has 122 valence electrons. The molecule has 2 heterocycles. The molecule has 0 aliphatic carbocycles. The lowest BCUT2D eigenvalue weighted by molar-refractivity contribution is -0.121. The molecule has 2 aromatic rings. The molecule has 1 unspecified atom stereocenters. The summed E-state index contributed by atoms with van der Waals surface area (Å²) in [6.45, 7) is 3.64. The van der Waals surface area contributed by atoms with Crippen molar-refractivity contribution in [3.05, 3.63) is 57.8 Å². The quantitative estimate of drug-likeness (QED) is 0.904. The molecule has 1 aromatic heterocycles. The molecular formula is C19H23NO2S. The van der Waals surface area contributed by atoms with E-state index in [0.717, 1.165) is 31.6 Å². The molecule has 1 N–H and O–H groups in total. The number of aryl methyl sites for hydroxylation is 1. The molecule has 1 aliphatic heterocycles. The smallest absolute Gasteiger partial charge is 0.224 e. The molecule has 0 radical (unpaired) electrons. The lowest BCUT2D eigenvalue weighted by Gasteiger charge is -2.30. The third kappa shape index (κ3) is 4.43. The highest BCUT2D eigenvalue weighted by atomic mass is 32.1. The Kier molecular flexibility index (Phi) is 5.47. The van der Waals surface area contributed by atoms with E-state index in [0.29, 0.717) is 12.3 Å². The number of hydrogen-bond acceptors (Lipinski definition) is 3. The van der Waals surface area contributed by atoms with Crippen molar-refractivity contribution >= 4 is 17.2 Å². The zero-order chi connectivity index (χ0) is 16.1. The zero-order valence-electron chi connectivity index (χ0n) is 13.5. The summed E-state index contributed by atoms with van der Waals surface area (Å²) in [6.07, 6.45) is 2.45. The van der Waals surface area contributed by atoms with Crippen LogP contribution in [0.5, 0.6) is 0 Å². The molecule has 1 atom stereocenters. The fourth-order valence-corrected chi connectivity index (χ4v) is 4.04. The van der Waals surface area contributed by atoms with Crippen LogP contribution in [0, 0.1) is 12.8 Å². The minimum Gasteiger partial charge on any atom is -0.381 e. The number of nitrogens with one attached hydrogen (secondary N) is 1. The van der Waals surface area contributed by atoms with Crippen molar-refractivity contribution in [1.29, 1.82) is 0 Å². The Labute approximate surface area is 141 Å². The average molecular weight is 329 g/mol. The number of carbonyl (C=O) groups is 1. The largest absolute Gasteiger partial charge is 0.381 e. The average Bonchev–Trinajstić information content (AvgIpc) is 3.07. The van der Waals surface area contributed by atoms with Gasteiger partial charge in [-0.15, -0.1) is 11.3 Å². The van der Waals surface area contributed by atoms with E-state index in [1.54, 1.807) is 11.3 Å². The fourth-order valence-electron chi connectivity index (χ4n) is 3.17. The Morgan fingerprint density at radius 1 is 1.30 bits per heavy atom. The van der Waals surface area contributed by atoms with Crippen molar-refractivity contribution in [3.63, 3.8) is 0 Å². The van der Waals surface area contributed by atoms with Gasteiger partial charge in [0.25, 0.3) is 0 Å². The molecule has 1 amide bonds. The summed E-state index contributed by atoms with van der Waals surface area (Å²) in [4.78, 5) is 13.8. The molecular weight excluding hydrogens is 306 g/mol. The van der Waals surface area contributed by atoms with Crippen molar-refractivity contribution in [2.75, 3.05) is 13.2 Å². The minimum absolute atomic E-state index is 0.0977. The molecule has 1 aromatic carbocycles. The summed E-state index contributed by atoms with van der Waals surface area (Å²) in [5, 5.41) is 5.35. The Balaban J connectivity index is 1.69. The van der Waals surface area contributed by atoms with Gasteiger partial charge >= 0.3 is 0 Å². The van der Waals surface area contributed by atoms with Crippen LogP contribution in [0.15, 0.2) is 41.8 Å². The molecule has 0 spiro atoms. The lowest BCUT2D eigenvalue weighted by Crippen LogP contribution is -2.36. The van der Waals surface area contributed by atoms with E-state index >= 15 is 0 Å². The summed E-state index contributed by atoms with van der Waals surface area (Å²) in [7, 11) is 0.